The average molecular weight is 200 g/mol. The van der Waals surface area contributed by atoms with Gasteiger partial charge in [0.05, 0.1) is 6.10 Å². The molecule has 2 heteroatoms. The van der Waals surface area contributed by atoms with E-state index in [0.29, 0.717) is 12.4 Å². The van der Waals surface area contributed by atoms with Crippen LogP contribution in [0.3, 0.4) is 0 Å². The lowest BCUT2D eigenvalue weighted by atomic mass is 9.95. The Hall–Kier alpha value is -0.530. The predicted octanol–water partition coefficient (Wildman–Crippen LogP) is 3.40. The summed E-state index contributed by atoms with van der Waals surface area (Å²) in [6, 6.07) is 0. The molecule has 0 fully saturated rings. The molecule has 0 aliphatic carbocycles. The summed E-state index contributed by atoms with van der Waals surface area (Å²) in [5.41, 5.74) is 0. The highest BCUT2D eigenvalue weighted by Gasteiger charge is 2.09. The van der Waals surface area contributed by atoms with Gasteiger partial charge in [-0.2, -0.15) is 0 Å². The topological polar surface area (TPSA) is 26.3 Å². The van der Waals surface area contributed by atoms with Crippen LogP contribution in [0.2, 0.25) is 0 Å². The minimum Gasteiger partial charge on any atom is -0.465 e. The number of carbonyl (C=O) groups excluding carboxylic acids is 1. The first kappa shape index (κ1) is 13.5. The maximum atomic E-state index is 10.1. The molecule has 2 unspecified atom stereocenters. The van der Waals surface area contributed by atoms with Crippen molar-refractivity contribution in [3.05, 3.63) is 0 Å². The maximum absolute atomic E-state index is 10.1. The van der Waals surface area contributed by atoms with E-state index < -0.39 is 0 Å². The summed E-state index contributed by atoms with van der Waals surface area (Å²) in [5, 5.41) is 0. The molecule has 0 saturated carbocycles. The van der Waals surface area contributed by atoms with Crippen molar-refractivity contribution >= 4 is 6.47 Å². The van der Waals surface area contributed by atoms with Gasteiger partial charge >= 0.3 is 0 Å². The molecule has 0 radical (unpaired) electrons. The zero-order valence-corrected chi connectivity index (χ0v) is 9.95. The van der Waals surface area contributed by atoms with Crippen LogP contribution in [0, 0.1) is 11.8 Å². The second-order valence-corrected chi connectivity index (χ2v) is 4.71. The van der Waals surface area contributed by atoms with Crippen LogP contribution in [-0.4, -0.2) is 12.6 Å². The molecular formula is C12H24O2. The predicted molar refractivity (Wildman–Crippen MR) is 59.1 cm³/mol. The van der Waals surface area contributed by atoms with Crippen molar-refractivity contribution < 1.29 is 9.53 Å². The summed E-state index contributed by atoms with van der Waals surface area (Å²) >= 11 is 0. The molecule has 0 amide bonds. The fraction of sp³-hybridized carbons (Fsp3) is 0.917. The minimum absolute atomic E-state index is 0.0709. The van der Waals surface area contributed by atoms with E-state index in [0.717, 1.165) is 12.3 Å². The molecule has 0 spiro atoms. The third-order valence-corrected chi connectivity index (χ3v) is 2.50. The molecule has 2 atom stereocenters. The van der Waals surface area contributed by atoms with Gasteiger partial charge in [-0.25, -0.2) is 0 Å². The number of ether oxygens (including phenoxy) is 1. The van der Waals surface area contributed by atoms with Crippen LogP contribution in [0.25, 0.3) is 0 Å². The second kappa shape index (κ2) is 7.84. The van der Waals surface area contributed by atoms with Crippen LogP contribution >= 0.6 is 0 Å². The third-order valence-electron chi connectivity index (χ3n) is 2.50. The van der Waals surface area contributed by atoms with Crippen molar-refractivity contribution in [1.29, 1.82) is 0 Å². The highest BCUT2D eigenvalue weighted by molar-refractivity contribution is 5.37. The lowest BCUT2D eigenvalue weighted by Gasteiger charge is -2.16. The Balaban J connectivity index is 3.44. The van der Waals surface area contributed by atoms with Crippen LogP contribution in [-0.2, 0) is 9.53 Å². The number of hydrogen-bond donors (Lipinski definition) is 0. The Bertz CT molecular complexity index is 143. The van der Waals surface area contributed by atoms with E-state index in [9.17, 15) is 4.79 Å². The highest BCUT2D eigenvalue weighted by Crippen LogP contribution is 2.17. The maximum Gasteiger partial charge on any atom is 0.293 e. The number of rotatable bonds is 8. The molecule has 0 aliphatic rings. The summed E-state index contributed by atoms with van der Waals surface area (Å²) in [6.07, 6.45) is 4.88. The molecule has 0 saturated heterocycles. The third kappa shape index (κ3) is 8.09. The Morgan fingerprint density at radius 1 is 1.14 bits per heavy atom. The Morgan fingerprint density at radius 3 is 2.29 bits per heavy atom. The number of carbonyl (C=O) groups is 1. The van der Waals surface area contributed by atoms with Crippen molar-refractivity contribution in [2.75, 3.05) is 0 Å². The van der Waals surface area contributed by atoms with Crippen LogP contribution < -0.4 is 0 Å². The normalized spacial score (nSPS) is 15.2. The minimum atomic E-state index is 0.0709. The summed E-state index contributed by atoms with van der Waals surface area (Å²) in [4.78, 5) is 10.1. The van der Waals surface area contributed by atoms with E-state index >= 15 is 0 Å². The van der Waals surface area contributed by atoms with Gasteiger partial charge in [-0.05, 0) is 25.2 Å². The Kier molecular flexibility index (Phi) is 7.54. The van der Waals surface area contributed by atoms with E-state index in [1.807, 2.05) is 6.92 Å². The smallest absolute Gasteiger partial charge is 0.293 e. The largest absolute Gasteiger partial charge is 0.465 e. The van der Waals surface area contributed by atoms with E-state index in [1.165, 1.54) is 19.3 Å². The first-order valence-electron chi connectivity index (χ1n) is 5.65. The second-order valence-electron chi connectivity index (χ2n) is 4.71. The Labute approximate surface area is 88.0 Å². The molecule has 14 heavy (non-hydrogen) atoms. The van der Waals surface area contributed by atoms with Gasteiger partial charge in [0.1, 0.15) is 0 Å². The van der Waals surface area contributed by atoms with Gasteiger partial charge in [-0.15, -0.1) is 0 Å². The first-order chi connectivity index (χ1) is 6.56. The van der Waals surface area contributed by atoms with Crippen molar-refractivity contribution in [3.8, 4) is 0 Å². The molecule has 0 bridgehead atoms. The molecule has 0 aliphatic heterocycles. The lowest BCUT2D eigenvalue weighted by Crippen LogP contribution is -2.11. The van der Waals surface area contributed by atoms with E-state index in [2.05, 4.69) is 20.8 Å². The molecule has 0 rings (SSSR count). The van der Waals surface area contributed by atoms with Crippen molar-refractivity contribution in [1.82, 2.24) is 0 Å². The van der Waals surface area contributed by atoms with Crippen LogP contribution in [0.1, 0.15) is 53.4 Å². The quantitative estimate of drug-likeness (QED) is 0.561. The lowest BCUT2D eigenvalue weighted by molar-refractivity contribution is -0.133. The van der Waals surface area contributed by atoms with Crippen molar-refractivity contribution in [2.24, 2.45) is 11.8 Å². The Morgan fingerprint density at radius 2 is 1.79 bits per heavy atom. The van der Waals surface area contributed by atoms with E-state index in [1.54, 1.807) is 0 Å². The van der Waals surface area contributed by atoms with Gasteiger partial charge in [-0.3, -0.25) is 4.79 Å². The fourth-order valence-electron chi connectivity index (χ4n) is 1.71. The zero-order chi connectivity index (χ0) is 11.0. The summed E-state index contributed by atoms with van der Waals surface area (Å²) in [5.74, 6) is 1.45. The zero-order valence-electron chi connectivity index (χ0n) is 9.95. The monoisotopic (exact) mass is 200 g/mol. The standard InChI is InChI=1S/C12H24O2/c1-10(2)6-5-7-11(3)8-12(4)14-9-13/h9-12H,5-8H2,1-4H3. The van der Waals surface area contributed by atoms with E-state index in [-0.39, 0.29) is 6.10 Å². The molecule has 0 aromatic heterocycles. The summed E-state index contributed by atoms with van der Waals surface area (Å²) < 4.78 is 4.86. The summed E-state index contributed by atoms with van der Waals surface area (Å²) in [7, 11) is 0. The SMILES string of the molecule is CC(C)CCCC(C)CC(C)OC=O. The first-order valence-corrected chi connectivity index (χ1v) is 5.65. The van der Waals surface area contributed by atoms with Gasteiger partial charge < -0.3 is 4.74 Å². The van der Waals surface area contributed by atoms with Crippen molar-refractivity contribution in [2.45, 2.75) is 59.5 Å². The molecule has 0 heterocycles. The highest BCUT2D eigenvalue weighted by atomic mass is 16.5. The molecule has 0 N–H and O–H groups in total. The molecule has 0 aromatic rings. The van der Waals surface area contributed by atoms with Gasteiger partial charge in [-0.1, -0.05) is 40.0 Å². The summed E-state index contributed by atoms with van der Waals surface area (Å²) in [6.45, 7) is 9.23. The van der Waals surface area contributed by atoms with Crippen LogP contribution in [0.5, 0.6) is 0 Å². The average Bonchev–Trinajstić information content (AvgIpc) is 2.03. The molecule has 84 valence electrons. The molecule has 2 nitrogen and oxygen atoms in total. The van der Waals surface area contributed by atoms with Crippen molar-refractivity contribution in [3.63, 3.8) is 0 Å². The molecular weight excluding hydrogens is 176 g/mol. The van der Waals surface area contributed by atoms with Gasteiger partial charge in [0.2, 0.25) is 0 Å². The van der Waals surface area contributed by atoms with Gasteiger partial charge in [0.25, 0.3) is 6.47 Å². The van der Waals surface area contributed by atoms with Crippen LogP contribution in [0.15, 0.2) is 0 Å². The van der Waals surface area contributed by atoms with Gasteiger partial charge in [0.15, 0.2) is 0 Å². The van der Waals surface area contributed by atoms with E-state index in [4.69, 9.17) is 4.74 Å². The molecule has 0 aromatic carbocycles. The van der Waals surface area contributed by atoms with Crippen LogP contribution in [0.4, 0.5) is 0 Å². The number of hydrogen-bond acceptors (Lipinski definition) is 2. The van der Waals surface area contributed by atoms with Gasteiger partial charge in [0, 0.05) is 0 Å². The fourth-order valence-corrected chi connectivity index (χ4v) is 1.71.